The van der Waals surface area contributed by atoms with Crippen LogP contribution in [0.15, 0.2) is 24.3 Å². The Morgan fingerprint density at radius 3 is 2.89 bits per heavy atom. The lowest BCUT2D eigenvalue weighted by atomic mass is 10.2. The van der Waals surface area contributed by atoms with Crippen molar-refractivity contribution in [3.8, 4) is 5.75 Å². The van der Waals surface area contributed by atoms with Crippen molar-refractivity contribution in [1.82, 2.24) is 5.43 Å². The van der Waals surface area contributed by atoms with E-state index in [1.54, 1.807) is 12.1 Å². The first-order valence-corrected chi connectivity index (χ1v) is 5.50. The number of rotatable bonds is 7. The van der Waals surface area contributed by atoms with Crippen LogP contribution < -0.4 is 16.0 Å². The summed E-state index contributed by atoms with van der Waals surface area (Å²) in [5, 5.41) is 10.5. The van der Waals surface area contributed by atoms with Gasteiger partial charge in [-0.2, -0.15) is 0 Å². The Morgan fingerprint density at radius 2 is 2.22 bits per heavy atom. The van der Waals surface area contributed by atoms with Gasteiger partial charge in [-0.15, -0.1) is 0 Å². The van der Waals surface area contributed by atoms with Gasteiger partial charge in [0.2, 0.25) is 5.91 Å². The van der Waals surface area contributed by atoms with Crippen molar-refractivity contribution in [3.05, 3.63) is 34.4 Å². The number of hydrogen-bond acceptors (Lipinski definition) is 5. The van der Waals surface area contributed by atoms with Gasteiger partial charge >= 0.3 is 0 Å². The van der Waals surface area contributed by atoms with E-state index in [0.29, 0.717) is 31.6 Å². The summed E-state index contributed by atoms with van der Waals surface area (Å²) < 4.78 is 5.34. The summed E-state index contributed by atoms with van der Waals surface area (Å²) in [5.41, 5.74) is 2.03. The van der Waals surface area contributed by atoms with Crippen LogP contribution in [0.4, 0.5) is 5.69 Å². The second-order valence-corrected chi connectivity index (χ2v) is 3.63. The summed E-state index contributed by atoms with van der Waals surface area (Å²) in [6, 6.07) is 5.99. The molecule has 0 atom stereocenters. The van der Waals surface area contributed by atoms with Crippen molar-refractivity contribution >= 4 is 11.6 Å². The topological polar surface area (TPSA) is 107 Å². The standard InChI is InChI=1S/C11H15N3O4/c12-13-11(15)6-1-2-7-18-10-5-3-4-9(8-10)14(16)17/h3-5,8H,1-2,6-7,12H2,(H,13,15). The number of carbonyl (C=O) groups is 1. The number of nitro benzene ring substituents is 1. The van der Waals surface area contributed by atoms with E-state index in [9.17, 15) is 14.9 Å². The molecule has 1 aromatic rings. The molecule has 0 heterocycles. The molecule has 0 saturated carbocycles. The smallest absolute Gasteiger partial charge is 0.273 e. The van der Waals surface area contributed by atoms with Gasteiger partial charge in [-0.3, -0.25) is 20.3 Å². The van der Waals surface area contributed by atoms with Gasteiger partial charge in [0, 0.05) is 12.5 Å². The Morgan fingerprint density at radius 1 is 1.44 bits per heavy atom. The van der Waals surface area contributed by atoms with E-state index in [0.717, 1.165) is 0 Å². The molecular formula is C11H15N3O4. The van der Waals surface area contributed by atoms with Crippen LogP contribution in [0.3, 0.4) is 0 Å². The molecule has 1 rings (SSSR count). The molecule has 0 unspecified atom stereocenters. The summed E-state index contributed by atoms with van der Waals surface area (Å²) in [4.78, 5) is 20.9. The molecule has 0 aliphatic heterocycles. The number of nitrogens with two attached hydrogens (primary N) is 1. The summed E-state index contributed by atoms with van der Waals surface area (Å²) in [6.45, 7) is 0.402. The van der Waals surface area contributed by atoms with E-state index >= 15 is 0 Å². The number of amides is 1. The van der Waals surface area contributed by atoms with Crippen molar-refractivity contribution in [2.24, 2.45) is 5.84 Å². The fourth-order valence-electron chi connectivity index (χ4n) is 1.34. The molecular weight excluding hydrogens is 238 g/mol. The lowest BCUT2D eigenvalue weighted by Crippen LogP contribution is -2.29. The van der Waals surface area contributed by atoms with Crippen molar-refractivity contribution in [2.75, 3.05) is 6.61 Å². The predicted molar refractivity (Wildman–Crippen MR) is 64.8 cm³/mol. The van der Waals surface area contributed by atoms with Crippen molar-refractivity contribution < 1.29 is 14.5 Å². The number of unbranched alkanes of at least 4 members (excludes halogenated alkanes) is 1. The molecule has 1 aromatic carbocycles. The van der Waals surface area contributed by atoms with Crippen LogP contribution in [0.2, 0.25) is 0 Å². The van der Waals surface area contributed by atoms with Crippen molar-refractivity contribution in [2.45, 2.75) is 19.3 Å². The Bertz CT molecular complexity index is 423. The maximum atomic E-state index is 10.8. The number of nitro groups is 1. The Kier molecular flexibility index (Phi) is 5.59. The number of non-ortho nitro benzene ring substituents is 1. The quantitative estimate of drug-likeness (QED) is 0.249. The molecule has 0 saturated heterocycles. The molecule has 7 heteroatoms. The highest BCUT2D eigenvalue weighted by Crippen LogP contribution is 2.19. The number of benzene rings is 1. The largest absolute Gasteiger partial charge is 0.493 e. The Labute approximate surface area is 104 Å². The maximum absolute atomic E-state index is 10.8. The lowest BCUT2D eigenvalue weighted by Gasteiger charge is -2.05. The number of carbonyl (C=O) groups excluding carboxylic acids is 1. The monoisotopic (exact) mass is 253 g/mol. The average Bonchev–Trinajstić information content (AvgIpc) is 2.38. The molecule has 0 fully saturated rings. The number of hydrogen-bond donors (Lipinski definition) is 2. The predicted octanol–water partition coefficient (Wildman–Crippen LogP) is 1.13. The zero-order chi connectivity index (χ0) is 13.4. The molecule has 0 aliphatic rings. The van der Waals surface area contributed by atoms with Gasteiger partial charge in [-0.05, 0) is 18.9 Å². The van der Waals surface area contributed by atoms with E-state index in [2.05, 4.69) is 0 Å². The Hall–Kier alpha value is -2.15. The highest BCUT2D eigenvalue weighted by molar-refractivity contribution is 5.75. The van der Waals surface area contributed by atoms with Gasteiger partial charge in [0.05, 0.1) is 17.6 Å². The minimum absolute atomic E-state index is 0.00462. The fraction of sp³-hybridized carbons (Fsp3) is 0.364. The second kappa shape index (κ2) is 7.23. The van der Waals surface area contributed by atoms with Gasteiger partial charge < -0.3 is 4.74 Å². The van der Waals surface area contributed by atoms with E-state index in [-0.39, 0.29) is 11.6 Å². The molecule has 1 amide bonds. The van der Waals surface area contributed by atoms with Crippen molar-refractivity contribution in [1.29, 1.82) is 0 Å². The second-order valence-electron chi connectivity index (χ2n) is 3.63. The normalized spacial score (nSPS) is 9.83. The first kappa shape index (κ1) is 13.9. The van der Waals surface area contributed by atoms with Crippen LogP contribution in [-0.4, -0.2) is 17.4 Å². The average molecular weight is 253 g/mol. The van der Waals surface area contributed by atoms with Crippen LogP contribution >= 0.6 is 0 Å². The highest BCUT2D eigenvalue weighted by atomic mass is 16.6. The summed E-state index contributed by atoms with van der Waals surface area (Å²) >= 11 is 0. The van der Waals surface area contributed by atoms with E-state index in [1.165, 1.54) is 12.1 Å². The number of nitrogens with one attached hydrogen (secondary N) is 1. The van der Waals surface area contributed by atoms with Crippen molar-refractivity contribution in [3.63, 3.8) is 0 Å². The van der Waals surface area contributed by atoms with Crippen LogP contribution in [-0.2, 0) is 4.79 Å². The molecule has 0 aromatic heterocycles. The van der Waals surface area contributed by atoms with E-state index in [1.807, 2.05) is 5.43 Å². The van der Waals surface area contributed by atoms with Gasteiger partial charge in [-0.25, -0.2) is 5.84 Å². The van der Waals surface area contributed by atoms with Gasteiger partial charge in [-0.1, -0.05) is 6.07 Å². The lowest BCUT2D eigenvalue weighted by molar-refractivity contribution is -0.384. The molecule has 0 aliphatic carbocycles. The minimum Gasteiger partial charge on any atom is -0.493 e. The Balaban J connectivity index is 2.29. The van der Waals surface area contributed by atoms with Gasteiger partial charge in [0.15, 0.2) is 0 Å². The van der Waals surface area contributed by atoms with Crippen LogP contribution in [0.25, 0.3) is 0 Å². The first-order chi connectivity index (χ1) is 8.63. The third-order valence-electron chi connectivity index (χ3n) is 2.26. The first-order valence-electron chi connectivity index (χ1n) is 5.50. The van der Waals surface area contributed by atoms with E-state index in [4.69, 9.17) is 10.6 Å². The number of ether oxygens (including phenoxy) is 1. The molecule has 0 bridgehead atoms. The number of nitrogens with zero attached hydrogens (tertiary/aromatic N) is 1. The molecule has 3 N–H and O–H groups in total. The fourth-order valence-corrected chi connectivity index (χ4v) is 1.34. The zero-order valence-electron chi connectivity index (χ0n) is 9.80. The molecule has 98 valence electrons. The van der Waals surface area contributed by atoms with Crippen LogP contribution in [0, 0.1) is 10.1 Å². The molecule has 0 radical (unpaired) electrons. The van der Waals surface area contributed by atoms with Gasteiger partial charge in [0.25, 0.3) is 5.69 Å². The SMILES string of the molecule is NNC(=O)CCCCOc1cccc([N+](=O)[O-])c1. The molecule has 7 nitrogen and oxygen atoms in total. The highest BCUT2D eigenvalue weighted by Gasteiger charge is 2.06. The molecule has 18 heavy (non-hydrogen) atoms. The number of hydrazine groups is 1. The summed E-state index contributed by atoms with van der Waals surface area (Å²) in [6.07, 6.45) is 1.67. The maximum Gasteiger partial charge on any atom is 0.273 e. The van der Waals surface area contributed by atoms with Crippen LogP contribution in [0.1, 0.15) is 19.3 Å². The third-order valence-corrected chi connectivity index (χ3v) is 2.26. The van der Waals surface area contributed by atoms with Crippen LogP contribution in [0.5, 0.6) is 5.75 Å². The molecule has 0 spiro atoms. The summed E-state index contributed by atoms with van der Waals surface area (Å²) in [7, 11) is 0. The van der Waals surface area contributed by atoms with E-state index < -0.39 is 4.92 Å². The summed E-state index contributed by atoms with van der Waals surface area (Å²) in [5.74, 6) is 5.16. The van der Waals surface area contributed by atoms with Gasteiger partial charge in [0.1, 0.15) is 5.75 Å². The third kappa shape index (κ3) is 4.79. The zero-order valence-corrected chi connectivity index (χ0v) is 9.80. The minimum atomic E-state index is -0.474.